The zero-order valence-corrected chi connectivity index (χ0v) is 16.0. The van der Waals surface area contributed by atoms with Crippen molar-refractivity contribution in [3.63, 3.8) is 0 Å². The molecule has 0 saturated heterocycles. The third kappa shape index (κ3) is 3.38. The first kappa shape index (κ1) is 18.8. The molecule has 1 aromatic carbocycles. The lowest BCUT2D eigenvalue weighted by atomic mass is 10.0. The Morgan fingerprint density at radius 2 is 2.00 bits per heavy atom. The Balaban J connectivity index is 2.11. The summed E-state index contributed by atoms with van der Waals surface area (Å²) in [7, 11) is 1.68. The number of halogens is 1. The van der Waals surface area contributed by atoms with Gasteiger partial charge in [0, 0.05) is 17.8 Å². The second-order valence-electron chi connectivity index (χ2n) is 6.08. The van der Waals surface area contributed by atoms with Crippen LogP contribution in [0, 0.1) is 0 Å². The van der Waals surface area contributed by atoms with Crippen LogP contribution in [0.25, 0.3) is 11.0 Å². The highest BCUT2D eigenvalue weighted by atomic mass is 35.5. The molecular weight excluding hydrogens is 368 g/mol. The number of hydrogen-bond acceptors (Lipinski definition) is 4. The summed E-state index contributed by atoms with van der Waals surface area (Å²) in [6.45, 7) is 3.92. The van der Waals surface area contributed by atoms with E-state index in [4.69, 9.17) is 11.6 Å². The Morgan fingerprint density at radius 3 is 2.63 bits per heavy atom. The summed E-state index contributed by atoms with van der Waals surface area (Å²) in [5.41, 5.74) is 2.99. The van der Waals surface area contributed by atoms with Gasteiger partial charge in [-0.2, -0.15) is 5.10 Å². The van der Waals surface area contributed by atoms with Gasteiger partial charge in [0.05, 0.1) is 17.3 Å². The van der Waals surface area contributed by atoms with Crippen LogP contribution in [-0.2, 0) is 19.9 Å². The smallest absolute Gasteiger partial charge is 0.338 e. The summed E-state index contributed by atoms with van der Waals surface area (Å²) in [6.07, 6.45) is 2.82. The van der Waals surface area contributed by atoms with Crippen molar-refractivity contribution in [2.75, 3.05) is 5.32 Å². The predicted molar refractivity (Wildman–Crippen MR) is 104 cm³/mol. The van der Waals surface area contributed by atoms with Gasteiger partial charge in [-0.1, -0.05) is 31.5 Å². The summed E-state index contributed by atoms with van der Waals surface area (Å²) in [5, 5.41) is 17.0. The maximum atomic E-state index is 12.9. The molecule has 3 aromatic rings. The molecule has 2 N–H and O–H groups in total. The highest BCUT2D eigenvalue weighted by Gasteiger charge is 2.23. The van der Waals surface area contributed by atoms with Crippen molar-refractivity contribution in [3.8, 4) is 0 Å². The SMILES string of the molecule is CCc1ccc(Cl)c(CC)c1NC(=O)c1nc2cnn(C)c2cc1C(=O)O. The summed E-state index contributed by atoms with van der Waals surface area (Å²) in [6, 6.07) is 5.07. The Labute approximate surface area is 161 Å². The van der Waals surface area contributed by atoms with E-state index >= 15 is 0 Å². The van der Waals surface area contributed by atoms with Gasteiger partial charge in [0.15, 0.2) is 0 Å². The van der Waals surface area contributed by atoms with Crippen molar-refractivity contribution in [1.29, 1.82) is 0 Å². The van der Waals surface area contributed by atoms with Crippen LogP contribution in [0.5, 0.6) is 0 Å². The third-order valence-corrected chi connectivity index (χ3v) is 4.85. The molecule has 27 heavy (non-hydrogen) atoms. The van der Waals surface area contributed by atoms with Gasteiger partial charge in [-0.15, -0.1) is 0 Å². The molecule has 8 heteroatoms. The number of aryl methyl sites for hydroxylation is 2. The standard InChI is InChI=1S/C19H19ClN4O3/c1-4-10-6-7-13(20)11(5-2)16(10)23-18(25)17-12(19(26)27)8-15-14(22-17)9-21-24(15)3/h6-9H,4-5H2,1-3H3,(H,23,25)(H,26,27). The van der Waals surface area contributed by atoms with Crippen molar-refractivity contribution >= 4 is 40.2 Å². The Bertz CT molecular complexity index is 1060. The number of nitrogens with zero attached hydrogens (tertiary/aromatic N) is 3. The number of aromatic carboxylic acids is 1. The van der Waals surface area contributed by atoms with Crippen LogP contribution < -0.4 is 5.32 Å². The second-order valence-corrected chi connectivity index (χ2v) is 6.49. The number of fused-ring (bicyclic) bond motifs is 1. The van der Waals surface area contributed by atoms with Crippen molar-refractivity contribution in [1.82, 2.24) is 14.8 Å². The quantitative estimate of drug-likeness (QED) is 0.696. The first-order valence-electron chi connectivity index (χ1n) is 8.55. The average molecular weight is 387 g/mol. The van der Waals surface area contributed by atoms with E-state index in [1.54, 1.807) is 13.1 Å². The van der Waals surface area contributed by atoms with E-state index in [0.29, 0.717) is 34.6 Å². The van der Waals surface area contributed by atoms with Crippen molar-refractivity contribution in [2.45, 2.75) is 26.7 Å². The molecule has 1 amide bonds. The summed E-state index contributed by atoms with van der Waals surface area (Å²) < 4.78 is 1.51. The minimum Gasteiger partial charge on any atom is -0.478 e. The van der Waals surface area contributed by atoms with Gasteiger partial charge >= 0.3 is 5.97 Å². The van der Waals surface area contributed by atoms with Crippen LogP contribution in [0.2, 0.25) is 5.02 Å². The van der Waals surface area contributed by atoms with Gasteiger partial charge in [0.1, 0.15) is 11.2 Å². The number of carbonyl (C=O) groups excluding carboxylic acids is 1. The molecule has 140 valence electrons. The maximum Gasteiger partial charge on any atom is 0.338 e. The molecule has 0 aliphatic rings. The molecule has 0 atom stereocenters. The molecule has 7 nitrogen and oxygen atoms in total. The third-order valence-electron chi connectivity index (χ3n) is 4.49. The Morgan fingerprint density at radius 1 is 1.26 bits per heavy atom. The van der Waals surface area contributed by atoms with E-state index in [9.17, 15) is 14.7 Å². The lowest BCUT2D eigenvalue weighted by Gasteiger charge is -2.16. The fraction of sp³-hybridized carbons (Fsp3) is 0.263. The highest BCUT2D eigenvalue weighted by molar-refractivity contribution is 6.32. The Kier molecular flexibility index (Phi) is 5.14. The molecule has 2 heterocycles. The zero-order valence-electron chi connectivity index (χ0n) is 15.2. The average Bonchev–Trinajstić information content (AvgIpc) is 3.01. The van der Waals surface area contributed by atoms with Gasteiger partial charge in [-0.25, -0.2) is 9.78 Å². The second kappa shape index (κ2) is 7.36. The maximum absolute atomic E-state index is 12.9. The van der Waals surface area contributed by atoms with Crippen molar-refractivity contribution in [3.05, 3.63) is 51.8 Å². The number of aromatic nitrogens is 3. The van der Waals surface area contributed by atoms with E-state index in [2.05, 4.69) is 15.4 Å². The lowest BCUT2D eigenvalue weighted by molar-refractivity contribution is 0.0692. The van der Waals surface area contributed by atoms with Crippen LogP contribution in [0.15, 0.2) is 24.4 Å². The fourth-order valence-electron chi connectivity index (χ4n) is 3.05. The molecule has 0 aliphatic carbocycles. The van der Waals surface area contributed by atoms with Gasteiger partial charge in [0.25, 0.3) is 5.91 Å². The number of benzene rings is 1. The number of carbonyl (C=O) groups is 2. The summed E-state index contributed by atoms with van der Waals surface area (Å²) in [4.78, 5) is 28.9. The molecule has 0 radical (unpaired) electrons. The van der Waals surface area contributed by atoms with Crippen LogP contribution in [-0.4, -0.2) is 31.7 Å². The molecule has 0 spiro atoms. The zero-order chi connectivity index (χ0) is 19.7. The first-order valence-corrected chi connectivity index (χ1v) is 8.92. The topological polar surface area (TPSA) is 97.1 Å². The van der Waals surface area contributed by atoms with Crippen molar-refractivity contribution in [2.24, 2.45) is 7.05 Å². The molecule has 0 saturated carbocycles. The minimum absolute atomic E-state index is 0.160. The Hall–Kier alpha value is -2.93. The van der Waals surface area contributed by atoms with Gasteiger partial charge in [0.2, 0.25) is 0 Å². The number of hydrogen-bond donors (Lipinski definition) is 2. The monoisotopic (exact) mass is 386 g/mol. The van der Waals surface area contributed by atoms with E-state index in [1.807, 2.05) is 19.9 Å². The number of amides is 1. The fourth-order valence-corrected chi connectivity index (χ4v) is 3.34. The largest absolute Gasteiger partial charge is 0.478 e. The molecule has 2 aromatic heterocycles. The number of anilines is 1. The number of carboxylic acids is 1. The highest BCUT2D eigenvalue weighted by Crippen LogP contribution is 2.30. The lowest BCUT2D eigenvalue weighted by Crippen LogP contribution is -2.20. The van der Waals surface area contributed by atoms with Crippen LogP contribution in [0.4, 0.5) is 5.69 Å². The molecule has 0 bridgehead atoms. The van der Waals surface area contributed by atoms with Crippen LogP contribution >= 0.6 is 11.6 Å². The summed E-state index contributed by atoms with van der Waals surface area (Å²) in [5.74, 6) is -1.82. The number of pyridine rings is 1. The molecule has 0 aliphatic heterocycles. The van der Waals surface area contributed by atoms with Gasteiger partial charge < -0.3 is 10.4 Å². The molecular formula is C19H19ClN4O3. The summed E-state index contributed by atoms with van der Waals surface area (Å²) >= 11 is 6.28. The van der Waals surface area contributed by atoms with E-state index in [0.717, 1.165) is 11.1 Å². The van der Waals surface area contributed by atoms with Crippen LogP contribution in [0.3, 0.4) is 0 Å². The number of nitrogens with one attached hydrogen (secondary N) is 1. The van der Waals surface area contributed by atoms with E-state index < -0.39 is 11.9 Å². The molecule has 3 rings (SSSR count). The normalized spacial score (nSPS) is 11.0. The van der Waals surface area contributed by atoms with E-state index in [-0.39, 0.29) is 11.3 Å². The van der Waals surface area contributed by atoms with E-state index in [1.165, 1.54) is 16.9 Å². The van der Waals surface area contributed by atoms with Gasteiger partial charge in [-0.3, -0.25) is 9.48 Å². The minimum atomic E-state index is -1.23. The predicted octanol–water partition coefficient (Wildman–Crippen LogP) is 3.70. The van der Waals surface area contributed by atoms with Crippen molar-refractivity contribution < 1.29 is 14.7 Å². The number of rotatable bonds is 5. The molecule has 0 unspecified atom stereocenters. The first-order chi connectivity index (χ1) is 12.9. The van der Waals surface area contributed by atoms with Crippen LogP contribution in [0.1, 0.15) is 45.8 Å². The van der Waals surface area contributed by atoms with Gasteiger partial charge in [-0.05, 0) is 36.1 Å². The number of carboxylic acid groups (broad SMARTS) is 1. The molecule has 0 fully saturated rings.